The Hall–Kier alpha value is -2.63. The van der Waals surface area contributed by atoms with Crippen LogP contribution in [-0.4, -0.2) is 21.0 Å². The van der Waals surface area contributed by atoms with Crippen molar-refractivity contribution in [2.24, 2.45) is 0 Å². The molecule has 0 saturated carbocycles. The molecule has 0 amide bonds. The lowest BCUT2D eigenvalue weighted by Gasteiger charge is -2.05. The monoisotopic (exact) mass is 260 g/mol. The number of carboxylic acid groups (broad SMARTS) is 1. The van der Waals surface area contributed by atoms with Crippen LogP contribution in [0.3, 0.4) is 0 Å². The molecule has 0 saturated heterocycles. The van der Waals surface area contributed by atoms with E-state index in [4.69, 9.17) is 9.84 Å². The highest BCUT2D eigenvalue weighted by atomic mass is 16.5. The summed E-state index contributed by atoms with van der Waals surface area (Å²) in [6.07, 6.45) is 0.588. The summed E-state index contributed by atoms with van der Waals surface area (Å²) in [4.78, 5) is 28.7. The largest absolute Gasteiger partial charge is 0.478 e. The number of hydrogen-bond acceptors (Lipinski definition) is 4. The molecule has 6 heteroatoms. The molecule has 0 aliphatic carbocycles. The molecule has 98 valence electrons. The lowest BCUT2D eigenvalue weighted by molar-refractivity contribution is 0.0697. The lowest BCUT2D eigenvalue weighted by atomic mass is 10.2. The summed E-state index contributed by atoms with van der Waals surface area (Å²) >= 11 is 0. The van der Waals surface area contributed by atoms with Crippen molar-refractivity contribution >= 4 is 5.97 Å². The van der Waals surface area contributed by atoms with Gasteiger partial charge in [0.2, 0.25) is 5.88 Å². The Labute approximate surface area is 108 Å². The second kappa shape index (κ2) is 5.34. The van der Waals surface area contributed by atoms with Gasteiger partial charge in [0, 0.05) is 6.42 Å². The van der Waals surface area contributed by atoms with Crippen molar-refractivity contribution in [3.63, 3.8) is 0 Å². The zero-order valence-corrected chi connectivity index (χ0v) is 10.2. The van der Waals surface area contributed by atoms with E-state index in [1.165, 1.54) is 30.3 Å². The van der Waals surface area contributed by atoms with E-state index < -0.39 is 5.97 Å². The molecule has 1 heterocycles. The average molecular weight is 260 g/mol. The molecule has 0 unspecified atom stereocenters. The predicted octanol–water partition coefficient (Wildman–Crippen LogP) is 1.82. The van der Waals surface area contributed by atoms with Gasteiger partial charge in [0.1, 0.15) is 11.6 Å². The zero-order chi connectivity index (χ0) is 13.8. The van der Waals surface area contributed by atoms with Crippen molar-refractivity contribution < 1.29 is 14.6 Å². The summed E-state index contributed by atoms with van der Waals surface area (Å²) in [5.41, 5.74) is -0.121. The van der Waals surface area contributed by atoms with Gasteiger partial charge in [0.25, 0.3) is 5.56 Å². The maximum Gasteiger partial charge on any atom is 0.335 e. The van der Waals surface area contributed by atoms with Crippen LogP contribution in [0.5, 0.6) is 11.6 Å². The second-order valence-corrected chi connectivity index (χ2v) is 3.82. The number of aromatic carboxylic acids is 1. The molecule has 0 aliphatic rings. The number of aromatic amines is 1. The number of nitrogens with one attached hydrogen (secondary N) is 1. The van der Waals surface area contributed by atoms with Gasteiger partial charge in [-0.15, -0.1) is 0 Å². The number of carbonyl (C=O) groups is 1. The number of aryl methyl sites for hydroxylation is 1. The number of carboxylic acids is 1. The van der Waals surface area contributed by atoms with Gasteiger partial charge < -0.3 is 14.8 Å². The van der Waals surface area contributed by atoms with E-state index >= 15 is 0 Å². The molecule has 2 rings (SSSR count). The van der Waals surface area contributed by atoms with Crippen molar-refractivity contribution in [2.45, 2.75) is 13.3 Å². The standard InChI is InChI=1S/C13H12N2O4/c1-2-10-14-11(16)7-12(15-10)19-9-5-3-8(4-6-9)13(17)18/h3-7H,2H2,1H3,(H,17,18)(H,14,15,16). The van der Waals surface area contributed by atoms with E-state index in [9.17, 15) is 9.59 Å². The Kier molecular flexibility index (Phi) is 3.61. The molecule has 1 aromatic heterocycles. The molecule has 0 radical (unpaired) electrons. The normalized spacial score (nSPS) is 10.2. The smallest absolute Gasteiger partial charge is 0.335 e. The van der Waals surface area contributed by atoms with Gasteiger partial charge in [-0.05, 0) is 24.3 Å². The van der Waals surface area contributed by atoms with E-state index in [0.717, 1.165) is 0 Å². The summed E-state index contributed by atoms with van der Waals surface area (Å²) < 4.78 is 5.41. The quantitative estimate of drug-likeness (QED) is 0.874. The molecule has 2 aromatic rings. The number of ether oxygens (including phenoxy) is 1. The summed E-state index contributed by atoms with van der Waals surface area (Å²) in [5, 5.41) is 8.77. The number of rotatable bonds is 4. The third-order valence-corrected chi connectivity index (χ3v) is 2.43. The molecular weight excluding hydrogens is 248 g/mol. The number of hydrogen-bond donors (Lipinski definition) is 2. The van der Waals surface area contributed by atoms with Gasteiger partial charge in [0.15, 0.2) is 0 Å². The van der Waals surface area contributed by atoms with Crippen LogP contribution in [0.1, 0.15) is 23.1 Å². The van der Waals surface area contributed by atoms with Gasteiger partial charge in [-0.25, -0.2) is 4.79 Å². The highest BCUT2D eigenvalue weighted by Gasteiger charge is 2.05. The van der Waals surface area contributed by atoms with Crippen LogP contribution in [0.25, 0.3) is 0 Å². The Morgan fingerprint density at radius 1 is 1.37 bits per heavy atom. The predicted molar refractivity (Wildman–Crippen MR) is 67.7 cm³/mol. The number of H-pyrrole nitrogens is 1. The van der Waals surface area contributed by atoms with Crippen LogP contribution in [0.4, 0.5) is 0 Å². The fourth-order valence-electron chi connectivity index (χ4n) is 1.49. The molecule has 0 fully saturated rings. The topological polar surface area (TPSA) is 92.3 Å². The van der Waals surface area contributed by atoms with Crippen molar-refractivity contribution in [2.75, 3.05) is 0 Å². The average Bonchev–Trinajstić information content (AvgIpc) is 2.38. The van der Waals surface area contributed by atoms with Crippen LogP contribution in [-0.2, 0) is 6.42 Å². The summed E-state index contributed by atoms with van der Waals surface area (Å²) in [6, 6.07) is 7.11. The van der Waals surface area contributed by atoms with Gasteiger partial charge in [-0.1, -0.05) is 6.92 Å². The first kappa shape index (κ1) is 12.8. The van der Waals surface area contributed by atoms with Crippen molar-refractivity contribution in [1.29, 1.82) is 0 Å². The molecule has 0 spiro atoms. The van der Waals surface area contributed by atoms with Crippen molar-refractivity contribution in [1.82, 2.24) is 9.97 Å². The molecule has 6 nitrogen and oxygen atoms in total. The lowest BCUT2D eigenvalue weighted by Crippen LogP contribution is -2.10. The van der Waals surface area contributed by atoms with E-state index in [1.807, 2.05) is 6.92 Å². The third kappa shape index (κ3) is 3.19. The first-order valence-electron chi connectivity index (χ1n) is 5.70. The summed E-state index contributed by atoms with van der Waals surface area (Å²) in [5.74, 6) is 0.132. The zero-order valence-electron chi connectivity index (χ0n) is 10.2. The van der Waals surface area contributed by atoms with Crippen LogP contribution in [0, 0.1) is 0 Å². The highest BCUT2D eigenvalue weighted by Crippen LogP contribution is 2.18. The van der Waals surface area contributed by atoms with Crippen molar-refractivity contribution in [3.05, 3.63) is 52.1 Å². The Morgan fingerprint density at radius 3 is 2.63 bits per heavy atom. The third-order valence-electron chi connectivity index (χ3n) is 2.43. The fourth-order valence-corrected chi connectivity index (χ4v) is 1.49. The first-order valence-corrected chi connectivity index (χ1v) is 5.70. The first-order chi connectivity index (χ1) is 9.08. The molecule has 19 heavy (non-hydrogen) atoms. The van der Waals surface area contributed by atoms with E-state index in [1.54, 1.807) is 0 Å². The second-order valence-electron chi connectivity index (χ2n) is 3.82. The Balaban J connectivity index is 2.23. The number of benzene rings is 1. The minimum absolute atomic E-state index is 0.167. The van der Waals surface area contributed by atoms with Crippen LogP contribution >= 0.6 is 0 Å². The van der Waals surface area contributed by atoms with Gasteiger partial charge in [-0.3, -0.25) is 4.79 Å². The number of aromatic nitrogens is 2. The minimum atomic E-state index is -1.01. The van der Waals surface area contributed by atoms with Crippen LogP contribution in [0.2, 0.25) is 0 Å². The summed E-state index contributed by atoms with van der Waals surface area (Å²) in [6.45, 7) is 1.86. The maximum atomic E-state index is 11.4. The van der Waals surface area contributed by atoms with Gasteiger partial charge >= 0.3 is 5.97 Å². The molecule has 0 aliphatic heterocycles. The van der Waals surface area contributed by atoms with Gasteiger partial charge in [-0.2, -0.15) is 4.98 Å². The number of nitrogens with zero attached hydrogens (tertiary/aromatic N) is 1. The Bertz CT molecular complexity index is 646. The van der Waals surface area contributed by atoms with E-state index in [0.29, 0.717) is 18.0 Å². The SMILES string of the molecule is CCc1nc(Oc2ccc(C(=O)O)cc2)cc(=O)[nH]1. The maximum absolute atomic E-state index is 11.4. The molecule has 1 aromatic carbocycles. The fraction of sp³-hybridized carbons (Fsp3) is 0.154. The van der Waals surface area contributed by atoms with Crippen LogP contribution < -0.4 is 10.3 Å². The Morgan fingerprint density at radius 2 is 2.05 bits per heavy atom. The molecular formula is C13H12N2O4. The van der Waals surface area contributed by atoms with Crippen molar-refractivity contribution in [3.8, 4) is 11.6 Å². The minimum Gasteiger partial charge on any atom is -0.478 e. The van der Waals surface area contributed by atoms with Crippen LogP contribution in [0.15, 0.2) is 35.1 Å². The summed E-state index contributed by atoms with van der Waals surface area (Å²) in [7, 11) is 0. The van der Waals surface area contributed by atoms with E-state index in [2.05, 4.69) is 9.97 Å². The molecule has 0 atom stereocenters. The highest BCUT2D eigenvalue weighted by molar-refractivity contribution is 5.87. The molecule has 0 bridgehead atoms. The molecule has 2 N–H and O–H groups in total. The van der Waals surface area contributed by atoms with E-state index in [-0.39, 0.29) is 17.0 Å². The van der Waals surface area contributed by atoms with Gasteiger partial charge in [0.05, 0.1) is 11.6 Å².